The number of rotatable bonds is 3. The predicted molar refractivity (Wildman–Crippen MR) is 64.6 cm³/mol. The number of nitrogens with zero attached hydrogens (tertiary/aromatic N) is 2. The van der Waals surface area contributed by atoms with Gasteiger partial charge in [-0.05, 0) is 20.8 Å². The summed E-state index contributed by atoms with van der Waals surface area (Å²) in [7, 11) is 0. The van der Waals surface area contributed by atoms with E-state index in [1.807, 2.05) is 0 Å². The van der Waals surface area contributed by atoms with Gasteiger partial charge >= 0.3 is 17.8 Å². The van der Waals surface area contributed by atoms with Crippen LogP contribution in [0.5, 0.6) is 0 Å². The summed E-state index contributed by atoms with van der Waals surface area (Å²) in [5, 5.41) is 3.76. The Kier molecular flexibility index (Phi) is 4.62. The molecule has 1 aromatic rings. The molecule has 0 aliphatic heterocycles. The first kappa shape index (κ1) is 14.7. The number of nitrogens with two attached hydrogens (primary N) is 1. The van der Waals surface area contributed by atoms with Crippen LogP contribution in [-0.2, 0) is 14.3 Å². The highest BCUT2D eigenvalue weighted by Gasteiger charge is 2.27. The quantitative estimate of drug-likeness (QED) is 0.613. The van der Waals surface area contributed by atoms with E-state index in [4.69, 9.17) is 10.5 Å². The number of hydrogen-bond acceptors (Lipinski definition) is 7. The van der Waals surface area contributed by atoms with Crippen molar-refractivity contribution in [1.29, 1.82) is 0 Å². The van der Waals surface area contributed by atoms with Crippen molar-refractivity contribution < 1.29 is 23.9 Å². The average molecular weight is 269 g/mol. The summed E-state index contributed by atoms with van der Waals surface area (Å²) in [5.41, 5.74) is 5.82. The molecule has 0 aliphatic rings. The Labute approximate surface area is 109 Å². The van der Waals surface area contributed by atoms with Crippen LogP contribution in [0.2, 0.25) is 0 Å². The highest BCUT2D eigenvalue weighted by molar-refractivity contribution is 6.33. The van der Waals surface area contributed by atoms with Gasteiger partial charge in [0.15, 0.2) is 0 Å². The average Bonchev–Trinajstić information content (AvgIpc) is 2.64. The molecule has 0 atom stereocenters. The van der Waals surface area contributed by atoms with Gasteiger partial charge in [0.25, 0.3) is 0 Å². The van der Waals surface area contributed by atoms with Crippen molar-refractivity contribution in [1.82, 2.24) is 9.78 Å². The van der Waals surface area contributed by atoms with E-state index < -0.39 is 17.8 Å². The van der Waals surface area contributed by atoms with Gasteiger partial charge < -0.3 is 15.2 Å². The number of aryl methyl sites for hydroxylation is 1. The lowest BCUT2D eigenvalue weighted by Crippen LogP contribution is -2.26. The zero-order chi connectivity index (χ0) is 14.6. The fourth-order valence-electron chi connectivity index (χ4n) is 1.43. The van der Waals surface area contributed by atoms with Gasteiger partial charge in [0.1, 0.15) is 11.4 Å². The van der Waals surface area contributed by atoms with Gasteiger partial charge in [-0.1, -0.05) is 0 Å². The van der Waals surface area contributed by atoms with Crippen molar-refractivity contribution in [3.8, 4) is 0 Å². The van der Waals surface area contributed by atoms with Crippen LogP contribution >= 0.6 is 0 Å². The second kappa shape index (κ2) is 5.98. The Morgan fingerprint density at radius 3 is 2.32 bits per heavy atom. The molecule has 2 N–H and O–H groups in total. The molecule has 0 bridgehead atoms. The third-order valence-electron chi connectivity index (χ3n) is 2.22. The summed E-state index contributed by atoms with van der Waals surface area (Å²) >= 11 is 0. The summed E-state index contributed by atoms with van der Waals surface area (Å²) in [6.45, 7) is 4.90. The number of nitrogen functional groups attached to an aromatic ring is 1. The molecule has 8 heteroatoms. The maximum atomic E-state index is 11.7. The van der Waals surface area contributed by atoms with Gasteiger partial charge in [-0.15, -0.1) is 0 Å². The largest absolute Gasteiger partial charge is 0.462 e. The molecule has 1 heterocycles. The smallest absolute Gasteiger partial charge is 0.399 e. The molecule has 1 rings (SSSR count). The minimum absolute atomic E-state index is 0.0282. The first-order valence-electron chi connectivity index (χ1n) is 5.67. The van der Waals surface area contributed by atoms with Crippen molar-refractivity contribution in [3.05, 3.63) is 11.3 Å². The van der Waals surface area contributed by atoms with Crippen LogP contribution in [0.3, 0.4) is 0 Å². The third-order valence-corrected chi connectivity index (χ3v) is 2.22. The minimum atomic E-state index is -1.09. The summed E-state index contributed by atoms with van der Waals surface area (Å²) in [5.74, 6) is -3.08. The number of hydrogen-bond donors (Lipinski definition) is 1. The molecule has 0 saturated carbocycles. The molecular formula is C11H15N3O5. The number of ether oxygens (including phenoxy) is 2. The molecule has 8 nitrogen and oxygen atoms in total. The van der Waals surface area contributed by atoms with E-state index >= 15 is 0 Å². The number of carbonyl (C=O) groups is 3. The number of anilines is 1. The van der Waals surface area contributed by atoms with Gasteiger partial charge in [0.05, 0.1) is 18.9 Å². The Morgan fingerprint density at radius 2 is 1.79 bits per heavy atom. The lowest BCUT2D eigenvalue weighted by molar-refractivity contribution is -0.138. The second-order valence-corrected chi connectivity index (χ2v) is 3.50. The van der Waals surface area contributed by atoms with E-state index in [-0.39, 0.29) is 30.3 Å². The Hall–Kier alpha value is -2.38. The standard InChI is InChI=1S/C11H15N3O5/c1-4-18-10(16)7-6(3)13-14(8(7)12)9(15)11(17)19-5-2/h4-5,12H2,1-3H3. The lowest BCUT2D eigenvalue weighted by atomic mass is 10.2. The molecule has 1 aromatic heterocycles. The lowest BCUT2D eigenvalue weighted by Gasteiger charge is -2.03. The molecule has 0 saturated heterocycles. The van der Waals surface area contributed by atoms with E-state index in [2.05, 4.69) is 9.84 Å². The number of esters is 2. The molecule has 0 aliphatic carbocycles. The Balaban J connectivity index is 3.12. The molecule has 0 aromatic carbocycles. The molecule has 0 unspecified atom stereocenters. The van der Waals surface area contributed by atoms with E-state index in [9.17, 15) is 14.4 Å². The van der Waals surface area contributed by atoms with Crippen LogP contribution < -0.4 is 5.73 Å². The normalized spacial score (nSPS) is 10.1. The van der Waals surface area contributed by atoms with Crippen molar-refractivity contribution in [3.63, 3.8) is 0 Å². The SMILES string of the molecule is CCOC(=O)C(=O)n1nc(C)c(C(=O)OCC)c1N. The molecule has 19 heavy (non-hydrogen) atoms. The molecular weight excluding hydrogens is 254 g/mol. The Bertz CT molecular complexity index is 521. The minimum Gasteiger partial charge on any atom is -0.462 e. The van der Waals surface area contributed by atoms with Crippen molar-refractivity contribution in [2.75, 3.05) is 18.9 Å². The number of carbonyl (C=O) groups excluding carboxylic acids is 3. The van der Waals surface area contributed by atoms with Gasteiger partial charge in [-0.2, -0.15) is 9.78 Å². The maximum Gasteiger partial charge on any atom is 0.399 e. The fourth-order valence-corrected chi connectivity index (χ4v) is 1.43. The fraction of sp³-hybridized carbons (Fsp3) is 0.455. The summed E-state index contributed by atoms with van der Waals surface area (Å²) in [6.07, 6.45) is 0. The van der Waals surface area contributed by atoms with Gasteiger partial charge in [-0.3, -0.25) is 4.79 Å². The van der Waals surface area contributed by atoms with E-state index in [0.717, 1.165) is 0 Å². The van der Waals surface area contributed by atoms with Crippen LogP contribution in [0.4, 0.5) is 5.82 Å². The zero-order valence-electron chi connectivity index (χ0n) is 10.9. The van der Waals surface area contributed by atoms with E-state index in [1.54, 1.807) is 13.8 Å². The second-order valence-electron chi connectivity index (χ2n) is 3.50. The summed E-state index contributed by atoms with van der Waals surface area (Å²) in [6, 6.07) is 0. The van der Waals surface area contributed by atoms with Crippen molar-refractivity contribution in [2.45, 2.75) is 20.8 Å². The molecule has 0 fully saturated rings. The molecule has 104 valence electrons. The first-order chi connectivity index (χ1) is 8.93. The zero-order valence-corrected chi connectivity index (χ0v) is 10.9. The molecule has 0 radical (unpaired) electrons. The van der Waals surface area contributed by atoms with Crippen molar-refractivity contribution in [2.24, 2.45) is 0 Å². The van der Waals surface area contributed by atoms with Crippen LogP contribution in [-0.4, -0.2) is 40.8 Å². The van der Waals surface area contributed by atoms with Crippen LogP contribution in [0.25, 0.3) is 0 Å². The van der Waals surface area contributed by atoms with E-state index in [1.165, 1.54) is 6.92 Å². The van der Waals surface area contributed by atoms with Gasteiger partial charge in [-0.25, -0.2) is 9.59 Å². The molecule has 0 spiro atoms. The van der Waals surface area contributed by atoms with Crippen LogP contribution in [0, 0.1) is 6.92 Å². The monoisotopic (exact) mass is 269 g/mol. The highest BCUT2D eigenvalue weighted by Crippen LogP contribution is 2.17. The van der Waals surface area contributed by atoms with Gasteiger partial charge in [0.2, 0.25) is 0 Å². The summed E-state index contributed by atoms with van der Waals surface area (Å²) in [4.78, 5) is 34.6. The third kappa shape index (κ3) is 2.90. The van der Waals surface area contributed by atoms with Crippen LogP contribution in [0.15, 0.2) is 0 Å². The van der Waals surface area contributed by atoms with Gasteiger partial charge in [0, 0.05) is 0 Å². The maximum absolute atomic E-state index is 11.7. The highest BCUT2D eigenvalue weighted by atomic mass is 16.5. The van der Waals surface area contributed by atoms with E-state index in [0.29, 0.717) is 4.68 Å². The Morgan fingerprint density at radius 1 is 1.21 bits per heavy atom. The molecule has 0 amide bonds. The van der Waals surface area contributed by atoms with Crippen molar-refractivity contribution >= 4 is 23.7 Å². The number of aromatic nitrogens is 2. The predicted octanol–water partition coefficient (Wildman–Crippen LogP) is 0.154. The summed E-state index contributed by atoms with van der Waals surface area (Å²) < 4.78 is 9.98. The topological polar surface area (TPSA) is 114 Å². The van der Waals surface area contributed by atoms with Crippen LogP contribution in [0.1, 0.15) is 34.7 Å². The first-order valence-corrected chi connectivity index (χ1v) is 5.67.